The van der Waals surface area contributed by atoms with Crippen LogP contribution in [-0.2, 0) is 25.8 Å². The number of thiazole rings is 2. The summed E-state index contributed by atoms with van der Waals surface area (Å²) in [6.07, 6.45) is 6.69. The van der Waals surface area contributed by atoms with Crippen molar-refractivity contribution in [2.45, 2.75) is 22.3 Å². The Labute approximate surface area is 281 Å². The van der Waals surface area contributed by atoms with Crippen LogP contribution in [0.3, 0.4) is 0 Å². The van der Waals surface area contributed by atoms with Gasteiger partial charge < -0.3 is 30.7 Å². The number of carboxylic acids is 2. The maximum Gasteiger partial charge on any atom is 0.352 e. The summed E-state index contributed by atoms with van der Waals surface area (Å²) in [6, 6.07) is 2.65. The number of aliphatic carboxylic acids is 1. The number of amides is 2. The molecule has 0 radical (unpaired) electrons. The fourth-order valence-corrected chi connectivity index (χ4v) is 8.84. The van der Waals surface area contributed by atoms with E-state index < -0.39 is 35.2 Å². The lowest BCUT2D eigenvalue weighted by molar-refractivity contribution is -0.150. The van der Waals surface area contributed by atoms with Gasteiger partial charge in [0.1, 0.15) is 34.8 Å². The molecule has 1 fully saturated rings. The second kappa shape index (κ2) is 13.5. The molecule has 6 heterocycles. The average Bonchev–Trinajstić information content (AvgIpc) is 3.81. The number of nitrogens with zero attached hydrogens (tertiary/aromatic N) is 7. The van der Waals surface area contributed by atoms with Gasteiger partial charge in [-0.3, -0.25) is 19.5 Å². The summed E-state index contributed by atoms with van der Waals surface area (Å²) in [4.78, 5) is 73.6. The standard InChI is InChI=1S/C27H23N9O7S4/c1-43-34-17(16-10-45-26(28)31-16)21(37)33-18-22(38)36-19(24(39)40)13(8-44-23(18)36)9-46-27-32-15(20(47-27)25(41)42)7-35-6-14(30-11-35)12-3-2-4-29-5-12/h2-6,10-11,18,23H,7-9H2,1H3,(H2,28,31)(H,33,37)(H,39,40)(H,41,42)/b34-17-/t18-,23-/m1/s1. The molecule has 16 nitrogen and oxygen atoms in total. The van der Waals surface area contributed by atoms with E-state index in [0.29, 0.717) is 21.3 Å². The minimum Gasteiger partial charge on any atom is -0.477 e. The predicted molar refractivity (Wildman–Crippen MR) is 174 cm³/mol. The van der Waals surface area contributed by atoms with Crippen LogP contribution < -0.4 is 11.1 Å². The number of oxime groups is 1. The Kier molecular flexibility index (Phi) is 9.25. The van der Waals surface area contributed by atoms with Crippen LogP contribution in [0.25, 0.3) is 11.3 Å². The molecule has 0 bridgehead atoms. The number of nitrogens with two attached hydrogens (primary N) is 1. The molecular weight excluding hydrogens is 691 g/mol. The number of carboxylic acid groups (broad SMARTS) is 2. The first kappa shape index (κ1) is 32.2. The number of pyridine rings is 1. The van der Waals surface area contributed by atoms with Gasteiger partial charge in [0.25, 0.3) is 11.8 Å². The Bertz CT molecular complexity index is 1940. The summed E-state index contributed by atoms with van der Waals surface area (Å²) < 4.78 is 2.16. The molecule has 242 valence electrons. The highest BCUT2D eigenvalue weighted by atomic mass is 32.2. The highest BCUT2D eigenvalue weighted by Crippen LogP contribution is 2.42. The first-order chi connectivity index (χ1) is 22.6. The maximum absolute atomic E-state index is 13.2. The van der Waals surface area contributed by atoms with E-state index in [2.05, 4.69) is 30.4 Å². The number of carbonyl (C=O) groups excluding carboxylic acids is 2. The van der Waals surface area contributed by atoms with E-state index in [-0.39, 0.29) is 45.2 Å². The molecule has 20 heteroatoms. The first-order valence-electron chi connectivity index (χ1n) is 13.5. The summed E-state index contributed by atoms with van der Waals surface area (Å²) in [5.74, 6) is -3.33. The van der Waals surface area contributed by atoms with Crippen LogP contribution in [-0.4, -0.2) is 99.1 Å². The highest BCUT2D eigenvalue weighted by Gasteiger charge is 2.54. The lowest BCUT2D eigenvalue weighted by Crippen LogP contribution is -2.71. The molecule has 47 heavy (non-hydrogen) atoms. The van der Waals surface area contributed by atoms with E-state index in [1.165, 1.54) is 36.0 Å². The molecule has 0 spiro atoms. The van der Waals surface area contributed by atoms with E-state index >= 15 is 0 Å². The quantitative estimate of drug-likeness (QED) is 0.0713. The Morgan fingerprint density at radius 3 is 2.77 bits per heavy atom. The number of rotatable bonds is 12. The molecule has 0 unspecified atom stereocenters. The number of aromatic carboxylic acids is 1. The molecule has 0 aromatic carbocycles. The Balaban J connectivity index is 1.15. The number of carbonyl (C=O) groups is 4. The SMILES string of the molecule is CO/N=C(\C(=O)N[C@@H]1C(=O)N2C(C(=O)O)=C(CSc3nc(Cn4cnc(-c5cccnc5)c4)c(C(=O)O)s3)CS[C@H]12)c1csc(N)n1. The van der Waals surface area contributed by atoms with Gasteiger partial charge in [0, 0.05) is 41.0 Å². The Hall–Kier alpha value is -4.79. The van der Waals surface area contributed by atoms with Gasteiger partial charge in [-0.2, -0.15) is 0 Å². The van der Waals surface area contributed by atoms with Crippen molar-refractivity contribution in [2.24, 2.45) is 5.16 Å². The zero-order chi connectivity index (χ0) is 33.2. The molecule has 0 saturated carbocycles. The molecular formula is C27H23N9O7S4. The van der Waals surface area contributed by atoms with E-state index in [0.717, 1.165) is 33.1 Å². The lowest BCUT2D eigenvalue weighted by Gasteiger charge is -2.49. The number of aromatic nitrogens is 5. The van der Waals surface area contributed by atoms with Crippen molar-refractivity contribution in [3.8, 4) is 11.3 Å². The minimum atomic E-state index is -1.29. The Morgan fingerprint density at radius 2 is 2.09 bits per heavy atom. The number of hydrogen-bond donors (Lipinski definition) is 4. The van der Waals surface area contributed by atoms with Gasteiger partial charge in [-0.05, 0) is 17.7 Å². The molecule has 6 rings (SSSR count). The molecule has 4 aromatic rings. The fourth-order valence-electron chi connectivity index (χ4n) is 4.79. The van der Waals surface area contributed by atoms with E-state index in [9.17, 15) is 29.4 Å². The van der Waals surface area contributed by atoms with E-state index in [1.54, 1.807) is 35.6 Å². The van der Waals surface area contributed by atoms with Crippen molar-refractivity contribution >= 4 is 80.8 Å². The molecule has 1 saturated heterocycles. The van der Waals surface area contributed by atoms with Gasteiger partial charge in [-0.25, -0.2) is 24.5 Å². The molecule has 2 aliphatic heterocycles. The molecule has 0 aliphatic carbocycles. The van der Waals surface area contributed by atoms with Crippen molar-refractivity contribution in [2.75, 3.05) is 24.3 Å². The van der Waals surface area contributed by atoms with Crippen LogP contribution in [0, 0.1) is 0 Å². The zero-order valence-electron chi connectivity index (χ0n) is 24.1. The van der Waals surface area contributed by atoms with Crippen molar-refractivity contribution in [3.63, 3.8) is 0 Å². The number of imidazole rings is 1. The summed E-state index contributed by atoms with van der Waals surface area (Å²) >= 11 is 4.57. The van der Waals surface area contributed by atoms with Gasteiger partial charge in [-0.15, -0.1) is 34.4 Å². The third-order valence-corrected chi connectivity index (χ3v) is 11.2. The van der Waals surface area contributed by atoms with Crippen LogP contribution in [0.15, 0.2) is 63.2 Å². The lowest BCUT2D eigenvalue weighted by atomic mass is 10.0. The number of anilines is 1. The van der Waals surface area contributed by atoms with Crippen LogP contribution in [0.5, 0.6) is 0 Å². The normalized spacial score (nSPS) is 17.7. The molecule has 2 amide bonds. The summed E-state index contributed by atoms with van der Waals surface area (Å²) in [7, 11) is 1.26. The van der Waals surface area contributed by atoms with Crippen LogP contribution >= 0.6 is 46.2 Å². The zero-order valence-corrected chi connectivity index (χ0v) is 27.4. The summed E-state index contributed by atoms with van der Waals surface area (Å²) in [5, 5.41) is 27.3. The second-order valence-electron chi connectivity index (χ2n) is 9.83. The fraction of sp³-hybridized carbons (Fsp3) is 0.222. The smallest absolute Gasteiger partial charge is 0.352 e. The predicted octanol–water partition coefficient (Wildman–Crippen LogP) is 2.07. The molecule has 5 N–H and O–H groups in total. The van der Waals surface area contributed by atoms with Crippen molar-refractivity contribution in [1.82, 2.24) is 34.7 Å². The molecule has 4 aromatic heterocycles. The third-order valence-electron chi connectivity index (χ3n) is 6.86. The van der Waals surface area contributed by atoms with E-state index in [4.69, 9.17) is 10.6 Å². The van der Waals surface area contributed by atoms with Gasteiger partial charge in [-0.1, -0.05) is 16.9 Å². The highest BCUT2D eigenvalue weighted by molar-refractivity contribution is 8.01. The van der Waals surface area contributed by atoms with Gasteiger partial charge in [0.15, 0.2) is 15.2 Å². The number of fused-ring (bicyclic) bond motifs is 1. The van der Waals surface area contributed by atoms with Crippen molar-refractivity contribution in [1.29, 1.82) is 0 Å². The monoisotopic (exact) mass is 713 g/mol. The Morgan fingerprint density at radius 1 is 1.26 bits per heavy atom. The summed E-state index contributed by atoms with van der Waals surface area (Å²) in [6.45, 7) is 0.161. The van der Waals surface area contributed by atoms with Crippen molar-refractivity contribution in [3.05, 3.63) is 70.0 Å². The largest absolute Gasteiger partial charge is 0.477 e. The van der Waals surface area contributed by atoms with Crippen LogP contribution in [0.1, 0.15) is 21.1 Å². The number of hydrogen-bond acceptors (Lipinski definition) is 15. The number of nitrogen functional groups attached to an aromatic ring is 1. The van der Waals surface area contributed by atoms with Crippen LogP contribution in [0.4, 0.5) is 5.13 Å². The molecule has 2 atom stereocenters. The first-order valence-corrected chi connectivity index (χ1v) is 17.2. The maximum atomic E-state index is 13.2. The minimum absolute atomic E-state index is 0.0582. The molecule has 2 aliphatic rings. The van der Waals surface area contributed by atoms with Gasteiger partial charge in [0.2, 0.25) is 0 Å². The average molecular weight is 714 g/mol. The number of nitrogens with one attached hydrogen (secondary N) is 1. The van der Waals surface area contributed by atoms with Crippen LogP contribution in [0.2, 0.25) is 0 Å². The topological polar surface area (TPSA) is 228 Å². The van der Waals surface area contributed by atoms with Gasteiger partial charge >= 0.3 is 11.9 Å². The van der Waals surface area contributed by atoms with Gasteiger partial charge in [0.05, 0.1) is 24.3 Å². The number of thioether (sulfide) groups is 2. The second-order valence-corrected chi connectivity index (χ2v) is 14.1. The summed E-state index contributed by atoms with van der Waals surface area (Å²) in [5.41, 5.74) is 7.78. The van der Waals surface area contributed by atoms with Crippen molar-refractivity contribution < 1.29 is 34.2 Å². The van der Waals surface area contributed by atoms with E-state index in [1.807, 2.05) is 6.07 Å². The third kappa shape index (κ3) is 6.57. The number of β-lactam (4-membered cyclic amide) rings is 1.